The average molecular weight is 278 g/mol. The first-order chi connectivity index (χ1) is 9.71. The molecule has 1 aliphatic heterocycles. The number of nitrogens with zero attached hydrogens (tertiary/aromatic N) is 1. The summed E-state index contributed by atoms with van der Waals surface area (Å²) in [5.74, 6) is 1.41. The zero-order valence-corrected chi connectivity index (χ0v) is 12.4. The predicted molar refractivity (Wildman–Crippen MR) is 79.9 cm³/mol. The van der Waals surface area contributed by atoms with E-state index in [9.17, 15) is 4.79 Å². The number of carbonyl (C=O) groups is 1. The summed E-state index contributed by atoms with van der Waals surface area (Å²) >= 11 is 0. The molecule has 0 bridgehead atoms. The van der Waals surface area contributed by atoms with Crippen LogP contribution in [0.1, 0.15) is 26.2 Å². The van der Waals surface area contributed by atoms with Gasteiger partial charge in [-0.15, -0.1) is 0 Å². The van der Waals surface area contributed by atoms with E-state index in [2.05, 4.69) is 12.2 Å². The van der Waals surface area contributed by atoms with Gasteiger partial charge in [0.25, 0.3) is 0 Å². The molecule has 0 radical (unpaired) electrons. The standard InChI is InChI=1S/C15H22N2O3/c1-4-5-6-7-17-12-9-14(20-3)13(19-2)8-11(12)16-10-15(17)18/h8-9,16H,4-7,10H2,1-3H3. The zero-order valence-electron chi connectivity index (χ0n) is 12.4. The van der Waals surface area contributed by atoms with E-state index in [0.29, 0.717) is 18.0 Å². The SMILES string of the molecule is CCCCCN1C(=O)CNc2cc(OC)c(OC)cc21. The highest BCUT2D eigenvalue weighted by Gasteiger charge is 2.25. The van der Waals surface area contributed by atoms with Crippen LogP contribution in [0.3, 0.4) is 0 Å². The Bertz CT molecular complexity index is 488. The van der Waals surface area contributed by atoms with Crippen molar-refractivity contribution in [1.82, 2.24) is 0 Å². The van der Waals surface area contributed by atoms with E-state index in [1.807, 2.05) is 17.0 Å². The molecule has 1 N–H and O–H groups in total. The summed E-state index contributed by atoms with van der Waals surface area (Å²) in [6.07, 6.45) is 3.27. The van der Waals surface area contributed by atoms with Crippen LogP contribution >= 0.6 is 0 Å². The Morgan fingerprint density at radius 3 is 2.55 bits per heavy atom. The molecule has 0 atom stereocenters. The molecule has 20 heavy (non-hydrogen) atoms. The van der Waals surface area contributed by atoms with Gasteiger partial charge >= 0.3 is 0 Å². The number of benzene rings is 1. The van der Waals surface area contributed by atoms with Gasteiger partial charge in [-0.25, -0.2) is 0 Å². The fourth-order valence-electron chi connectivity index (χ4n) is 2.40. The minimum Gasteiger partial charge on any atom is -0.493 e. The Kier molecular flexibility index (Phi) is 4.71. The van der Waals surface area contributed by atoms with E-state index in [0.717, 1.165) is 37.2 Å². The van der Waals surface area contributed by atoms with E-state index >= 15 is 0 Å². The molecular weight excluding hydrogens is 256 g/mol. The molecule has 0 aromatic heterocycles. The van der Waals surface area contributed by atoms with E-state index in [4.69, 9.17) is 9.47 Å². The molecule has 1 amide bonds. The molecular formula is C15H22N2O3. The summed E-state index contributed by atoms with van der Waals surface area (Å²) in [4.78, 5) is 13.9. The quantitative estimate of drug-likeness (QED) is 0.813. The Morgan fingerprint density at radius 2 is 1.90 bits per heavy atom. The third-order valence-corrected chi connectivity index (χ3v) is 3.51. The molecule has 5 nitrogen and oxygen atoms in total. The molecule has 0 fully saturated rings. The lowest BCUT2D eigenvalue weighted by Gasteiger charge is -2.31. The second-order valence-electron chi connectivity index (χ2n) is 4.83. The fourth-order valence-corrected chi connectivity index (χ4v) is 2.40. The lowest BCUT2D eigenvalue weighted by molar-refractivity contribution is -0.117. The average Bonchev–Trinajstić information content (AvgIpc) is 2.48. The molecule has 0 saturated heterocycles. The van der Waals surface area contributed by atoms with Crippen LogP contribution in [0, 0.1) is 0 Å². The van der Waals surface area contributed by atoms with Gasteiger partial charge in [0.1, 0.15) is 0 Å². The van der Waals surface area contributed by atoms with Gasteiger partial charge in [-0.2, -0.15) is 0 Å². The smallest absolute Gasteiger partial charge is 0.246 e. The first kappa shape index (κ1) is 14.5. The Balaban J connectivity index is 2.31. The van der Waals surface area contributed by atoms with Gasteiger partial charge in [0, 0.05) is 18.7 Å². The molecule has 0 unspecified atom stereocenters. The number of nitrogens with one attached hydrogen (secondary N) is 1. The van der Waals surface area contributed by atoms with Crippen molar-refractivity contribution in [3.8, 4) is 11.5 Å². The second kappa shape index (κ2) is 6.50. The third kappa shape index (κ3) is 2.81. The normalized spacial score (nSPS) is 13.8. The van der Waals surface area contributed by atoms with Crippen LogP contribution in [0.25, 0.3) is 0 Å². The van der Waals surface area contributed by atoms with Gasteiger partial charge < -0.3 is 19.7 Å². The summed E-state index contributed by atoms with van der Waals surface area (Å²) in [5.41, 5.74) is 1.79. The van der Waals surface area contributed by atoms with Crippen molar-refractivity contribution in [2.75, 3.05) is 37.5 Å². The van der Waals surface area contributed by atoms with E-state index < -0.39 is 0 Å². The molecule has 1 aromatic carbocycles. The van der Waals surface area contributed by atoms with Crippen molar-refractivity contribution < 1.29 is 14.3 Å². The first-order valence-electron chi connectivity index (χ1n) is 7.01. The minimum absolute atomic E-state index is 0.0980. The van der Waals surface area contributed by atoms with Crippen LogP contribution in [0.5, 0.6) is 11.5 Å². The van der Waals surface area contributed by atoms with Gasteiger partial charge in [-0.05, 0) is 6.42 Å². The number of unbranched alkanes of at least 4 members (excludes halogenated alkanes) is 2. The van der Waals surface area contributed by atoms with Crippen molar-refractivity contribution in [1.29, 1.82) is 0 Å². The maximum absolute atomic E-state index is 12.1. The van der Waals surface area contributed by atoms with Crippen LogP contribution in [-0.2, 0) is 4.79 Å². The highest BCUT2D eigenvalue weighted by molar-refractivity contribution is 6.03. The number of ether oxygens (including phenoxy) is 2. The van der Waals surface area contributed by atoms with Crippen LogP contribution in [0.2, 0.25) is 0 Å². The van der Waals surface area contributed by atoms with Gasteiger partial charge in [0.15, 0.2) is 11.5 Å². The van der Waals surface area contributed by atoms with Gasteiger partial charge in [-0.1, -0.05) is 19.8 Å². The van der Waals surface area contributed by atoms with Crippen molar-refractivity contribution in [3.63, 3.8) is 0 Å². The predicted octanol–water partition coefficient (Wildman–Crippen LogP) is 2.65. The molecule has 1 aliphatic rings. The van der Waals surface area contributed by atoms with E-state index in [1.54, 1.807) is 14.2 Å². The number of amides is 1. The van der Waals surface area contributed by atoms with Crippen molar-refractivity contribution >= 4 is 17.3 Å². The van der Waals surface area contributed by atoms with E-state index in [-0.39, 0.29) is 5.91 Å². The topological polar surface area (TPSA) is 50.8 Å². The van der Waals surface area contributed by atoms with Crippen LogP contribution in [0.15, 0.2) is 12.1 Å². The highest BCUT2D eigenvalue weighted by Crippen LogP contribution is 2.40. The molecule has 0 spiro atoms. The molecule has 0 aliphatic carbocycles. The summed E-state index contributed by atoms with van der Waals surface area (Å²) < 4.78 is 10.6. The summed E-state index contributed by atoms with van der Waals surface area (Å²) in [6.45, 7) is 3.23. The number of carbonyl (C=O) groups excluding carboxylic acids is 1. The zero-order chi connectivity index (χ0) is 14.5. The number of rotatable bonds is 6. The number of hydrogen-bond acceptors (Lipinski definition) is 4. The van der Waals surface area contributed by atoms with Crippen molar-refractivity contribution in [2.45, 2.75) is 26.2 Å². The molecule has 110 valence electrons. The van der Waals surface area contributed by atoms with Gasteiger partial charge in [0.05, 0.1) is 32.1 Å². The van der Waals surface area contributed by atoms with Crippen LogP contribution in [0.4, 0.5) is 11.4 Å². The van der Waals surface area contributed by atoms with Gasteiger partial charge in [-0.3, -0.25) is 4.79 Å². The Morgan fingerprint density at radius 1 is 1.20 bits per heavy atom. The largest absolute Gasteiger partial charge is 0.493 e. The first-order valence-corrected chi connectivity index (χ1v) is 7.01. The summed E-state index contributed by atoms with van der Waals surface area (Å²) in [5, 5.41) is 3.13. The lowest BCUT2D eigenvalue weighted by Crippen LogP contribution is -2.40. The second-order valence-corrected chi connectivity index (χ2v) is 4.83. The number of hydrogen-bond donors (Lipinski definition) is 1. The maximum Gasteiger partial charge on any atom is 0.246 e. The van der Waals surface area contributed by atoms with Crippen molar-refractivity contribution in [2.24, 2.45) is 0 Å². The molecule has 1 heterocycles. The summed E-state index contributed by atoms with van der Waals surface area (Å²) in [6, 6.07) is 3.75. The monoisotopic (exact) mass is 278 g/mol. The number of fused-ring (bicyclic) bond motifs is 1. The fraction of sp³-hybridized carbons (Fsp3) is 0.533. The maximum atomic E-state index is 12.1. The van der Waals surface area contributed by atoms with Crippen LogP contribution < -0.4 is 19.7 Å². The highest BCUT2D eigenvalue weighted by atomic mass is 16.5. The Hall–Kier alpha value is -1.91. The van der Waals surface area contributed by atoms with Gasteiger partial charge in [0.2, 0.25) is 5.91 Å². The minimum atomic E-state index is 0.0980. The lowest BCUT2D eigenvalue weighted by atomic mass is 10.1. The molecule has 0 saturated carbocycles. The van der Waals surface area contributed by atoms with Crippen LogP contribution in [-0.4, -0.2) is 33.2 Å². The van der Waals surface area contributed by atoms with E-state index in [1.165, 1.54) is 0 Å². The summed E-state index contributed by atoms with van der Waals surface area (Å²) in [7, 11) is 3.21. The Labute approximate surface area is 119 Å². The molecule has 5 heteroatoms. The number of anilines is 2. The molecule has 1 aromatic rings. The number of methoxy groups -OCH3 is 2. The molecule has 2 rings (SSSR count). The van der Waals surface area contributed by atoms with Crippen molar-refractivity contribution in [3.05, 3.63) is 12.1 Å². The third-order valence-electron chi connectivity index (χ3n) is 3.51.